The van der Waals surface area contributed by atoms with Crippen molar-refractivity contribution in [1.82, 2.24) is 4.68 Å². The van der Waals surface area contributed by atoms with E-state index in [0.29, 0.717) is 41.5 Å². The molecule has 0 radical (unpaired) electrons. The zero-order valence-electron chi connectivity index (χ0n) is 22.1. The van der Waals surface area contributed by atoms with Gasteiger partial charge in [-0.1, -0.05) is 33.1 Å². The SMILES string of the molecule is COc1cc(C=Nn2c(-c3ccc4c(c3)NC(=O)CO4)csc2=NC2CCCCC2)ccc1OCC(C)C. The van der Waals surface area contributed by atoms with Gasteiger partial charge in [0.05, 0.1) is 37.4 Å². The summed E-state index contributed by atoms with van der Waals surface area (Å²) in [4.78, 5) is 17.8. The maximum Gasteiger partial charge on any atom is 0.262 e. The third kappa shape index (κ3) is 6.10. The number of hydrogen-bond donors (Lipinski definition) is 1. The van der Waals surface area contributed by atoms with Crippen LogP contribution in [0.3, 0.4) is 0 Å². The molecule has 3 aromatic rings. The van der Waals surface area contributed by atoms with E-state index in [2.05, 4.69) is 24.5 Å². The van der Waals surface area contributed by atoms with Crippen molar-refractivity contribution in [3.63, 3.8) is 0 Å². The van der Waals surface area contributed by atoms with Gasteiger partial charge in [0, 0.05) is 10.9 Å². The van der Waals surface area contributed by atoms with Crippen LogP contribution < -0.4 is 24.3 Å². The van der Waals surface area contributed by atoms with Gasteiger partial charge in [-0.3, -0.25) is 9.79 Å². The van der Waals surface area contributed by atoms with Crippen molar-refractivity contribution >= 4 is 29.1 Å². The van der Waals surface area contributed by atoms with Crippen molar-refractivity contribution in [2.24, 2.45) is 16.0 Å². The fraction of sp³-hybridized carbons (Fsp3) is 0.414. The zero-order chi connectivity index (χ0) is 26.5. The smallest absolute Gasteiger partial charge is 0.262 e. The average Bonchev–Trinajstić information content (AvgIpc) is 3.33. The number of benzene rings is 2. The highest BCUT2D eigenvalue weighted by Gasteiger charge is 2.19. The molecule has 200 valence electrons. The van der Waals surface area contributed by atoms with Crippen LogP contribution in [0.5, 0.6) is 17.2 Å². The van der Waals surface area contributed by atoms with Gasteiger partial charge >= 0.3 is 0 Å². The number of amides is 1. The molecule has 2 aromatic carbocycles. The van der Waals surface area contributed by atoms with Crippen LogP contribution in [0.15, 0.2) is 51.9 Å². The van der Waals surface area contributed by atoms with Gasteiger partial charge in [0.2, 0.25) is 4.80 Å². The van der Waals surface area contributed by atoms with Gasteiger partial charge in [-0.05, 0) is 60.7 Å². The number of nitrogens with one attached hydrogen (secondary N) is 1. The highest BCUT2D eigenvalue weighted by molar-refractivity contribution is 7.07. The van der Waals surface area contributed by atoms with Crippen LogP contribution in [-0.4, -0.2) is 43.2 Å². The number of ether oxygens (including phenoxy) is 3. The van der Waals surface area contributed by atoms with Crippen LogP contribution in [0, 0.1) is 5.92 Å². The number of fused-ring (bicyclic) bond motifs is 1. The Labute approximate surface area is 227 Å². The molecule has 2 aliphatic rings. The Kier molecular flexibility index (Phi) is 8.12. The molecule has 0 unspecified atom stereocenters. The predicted octanol–water partition coefficient (Wildman–Crippen LogP) is 5.71. The second-order valence-electron chi connectivity index (χ2n) is 10.0. The molecule has 1 amide bonds. The van der Waals surface area contributed by atoms with Crippen molar-refractivity contribution in [3.8, 4) is 28.5 Å². The minimum atomic E-state index is -0.159. The molecule has 1 aliphatic heterocycles. The number of methoxy groups -OCH3 is 1. The second-order valence-corrected chi connectivity index (χ2v) is 10.9. The van der Waals surface area contributed by atoms with E-state index in [1.807, 2.05) is 47.3 Å². The van der Waals surface area contributed by atoms with Crippen LogP contribution in [0.4, 0.5) is 5.69 Å². The van der Waals surface area contributed by atoms with Gasteiger partial charge in [0.25, 0.3) is 5.91 Å². The highest BCUT2D eigenvalue weighted by atomic mass is 32.1. The standard InChI is InChI=1S/C29H34N4O4S/c1-19(2)16-36-26-11-9-20(13-27(26)35-3)15-30-33-24(18-38-29(33)31-22-7-5-4-6-8-22)21-10-12-25-23(14-21)32-28(34)17-37-25/h9-15,18-19,22H,4-8,16-17H2,1-3H3,(H,32,34). The molecule has 0 saturated heterocycles. The number of hydrogen-bond acceptors (Lipinski definition) is 7. The first-order valence-electron chi connectivity index (χ1n) is 13.2. The normalized spacial score (nSPS) is 16.4. The quantitative estimate of drug-likeness (QED) is 0.375. The third-order valence-electron chi connectivity index (χ3n) is 6.54. The number of thiazole rings is 1. The van der Waals surface area contributed by atoms with Crippen LogP contribution in [0.1, 0.15) is 51.5 Å². The molecular formula is C29H34N4O4S. The zero-order valence-corrected chi connectivity index (χ0v) is 22.9. The van der Waals surface area contributed by atoms with E-state index < -0.39 is 0 Å². The second kappa shape index (κ2) is 11.9. The van der Waals surface area contributed by atoms with Crippen molar-refractivity contribution in [3.05, 3.63) is 52.1 Å². The Bertz CT molecular complexity index is 1390. The summed E-state index contributed by atoms with van der Waals surface area (Å²) in [6, 6.07) is 11.9. The first-order chi connectivity index (χ1) is 18.5. The Hall–Kier alpha value is -3.59. The number of aromatic nitrogens is 1. The molecule has 1 saturated carbocycles. The number of rotatable bonds is 8. The summed E-state index contributed by atoms with van der Waals surface area (Å²) < 4.78 is 18.9. The molecule has 0 bridgehead atoms. The van der Waals surface area contributed by atoms with Crippen LogP contribution >= 0.6 is 11.3 Å². The summed E-state index contributed by atoms with van der Waals surface area (Å²) in [5.74, 6) is 2.31. The van der Waals surface area contributed by atoms with E-state index in [4.69, 9.17) is 24.3 Å². The van der Waals surface area contributed by atoms with Gasteiger partial charge < -0.3 is 19.5 Å². The fourth-order valence-electron chi connectivity index (χ4n) is 4.57. The maximum atomic E-state index is 11.9. The van der Waals surface area contributed by atoms with Crippen molar-refractivity contribution in [1.29, 1.82) is 0 Å². The molecule has 2 heterocycles. The monoisotopic (exact) mass is 534 g/mol. The highest BCUT2D eigenvalue weighted by Crippen LogP contribution is 2.33. The number of carbonyl (C=O) groups is 1. The van der Waals surface area contributed by atoms with E-state index in [0.717, 1.165) is 34.5 Å². The molecular weight excluding hydrogens is 500 g/mol. The lowest BCUT2D eigenvalue weighted by atomic mass is 9.96. The van der Waals surface area contributed by atoms with E-state index in [-0.39, 0.29) is 12.5 Å². The minimum absolute atomic E-state index is 0.0320. The average molecular weight is 535 g/mol. The lowest BCUT2D eigenvalue weighted by molar-refractivity contribution is -0.118. The molecule has 38 heavy (non-hydrogen) atoms. The van der Waals surface area contributed by atoms with Crippen LogP contribution in [-0.2, 0) is 4.79 Å². The van der Waals surface area contributed by atoms with Gasteiger partial charge in [0.15, 0.2) is 18.1 Å². The summed E-state index contributed by atoms with van der Waals surface area (Å²) in [7, 11) is 1.64. The molecule has 0 atom stereocenters. The third-order valence-corrected chi connectivity index (χ3v) is 7.37. The van der Waals surface area contributed by atoms with Crippen molar-refractivity contribution in [2.75, 3.05) is 25.6 Å². The van der Waals surface area contributed by atoms with E-state index >= 15 is 0 Å². The Morgan fingerprint density at radius 2 is 2.00 bits per heavy atom. The van der Waals surface area contributed by atoms with E-state index in [1.165, 1.54) is 19.3 Å². The summed E-state index contributed by atoms with van der Waals surface area (Å²) in [5, 5.41) is 9.84. The molecule has 8 nitrogen and oxygen atoms in total. The number of nitrogens with zero attached hydrogens (tertiary/aromatic N) is 3. The van der Waals surface area contributed by atoms with Crippen LogP contribution in [0.25, 0.3) is 11.3 Å². The Morgan fingerprint density at radius 1 is 1.16 bits per heavy atom. The predicted molar refractivity (Wildman–Crippen MR) is 151 cm³/mol. The van der Waals surface area contributed by atoms with E-state index in [1.54, 1.807) is 18.4 Å². The summed E-state index contributed by atoms with van der Waals surface area (Å²) in [6.07, 6.45) is 7.73. The summed E-state index contributed by atoms with van der Waals surface area (Å²) in [5.41, 5.74) is 3.36. The Morgan fingerprint density at radius 3 is 2.79 bits per heavy atom. The summed E-state index contributed by atoms with van der Waals surface area (Å²) in [6.45, 7) is 4.88. The lowest BCUT2D eigenvalue weighted by Gasteiger charge is -2.18. The van der Waals surface area contributed by atoms with Gasteiger partial charge in [-0.2, -0.15) is 5.10 Å². The van der Waals surface area contributed by atoms with Gasteiger partial charge in [0.1, 0.15) is 5.75 Å². The topological polar surface area (TPSA) is 86.4 Å². The summed E-state index contributed by atoms with van der Waals surface area (Å²) >= 11 is 1.58. The van der Waals surface area contributed by atoms with Gasteiger partial charge in [-0.25, -0.2) is 4.68 Å². The first kappa shape index (κ1) is 26.0. The number of carbonyl (C=O) groups excluding carboxylic acids is 1. The maximum absolute atomic E-state index is 11.9. The van der Waals surface area contributed by atoms with Crippen LogP contribution in [0.2, 0.25) is 0 Å². The van der Waals surface area contributed by atoms with Gasteiger partial charge in [-0.15, -0.1) is 11.3 Å². The fourth-order valence-corrected chi connectivity index (χ4v) is 5.48. The number of anilines is 1. The first-order valence-corrected chi connectivity index (χ1v) is 14.0. The van der Waals surface area contributed by atoms with Crippen molar-refractivity contribution < 1.29 is 19.0 Å². The molecule has 1 aromatic heterocycles. The van der Waals surface area contributed by atoms with E-state index in [9.17, 15) is 4.79 Å². The lowest BCUT2D eigenvalue weighted by Crippen LogP contribution is -2.25. The molecule has 0 spiro atoms. The molecule has 1 fully saturated rings. The molecule has 9 heteroatoms. The van der Waals surface area contributed by atoms with Crippen molar-refractivity contribution in [2.45, 2.75) is 52.0 Å². The molecule has 1 aliphatic carbocycles. The minimum Gasteiger partial charge on any atom is -0.493 e. The Balaban J connectivity index is 1.51. The molecule has 5 rings (SSSR count). The molecule has 1 N–H and O–H groups in total. The largest absolute Gasteiger partial charge is 0.493 e.